The van der Waals surface area contributed by atoms with Gasteiger partial charge in [0.25, 0.3) is 0 Å². The van der Waals surface area contributed by atoms with E-state index in [1.807, 2.05) is 42.5 Å². The Morgan fingerprint density at radius 1 is 1.17 bits per heavy atom. The molecule has 2 aromatic carbocycles. The van der Waals surface area contributed by atoms with Gasteiger partial charge in [-0.15, -0.1) is 0 Å². The molecule has 1 aliphatic heterocycles. The van der Waals surface area contributed by atoms with E-state index in [0.717, 1.165) is 29.0 Å². The van der Waals surface area contributed by atoms with Crippen LogP contribution in [-0.2, 0) is 22.4 Å². The van der Waals surface area contributed by atoms with Gasteiger partial charge in [-0.3, -0.25) is 9.59 Å². The number of anilines is 2. The van der Waals surface area contributed by atoms with Crippen molar-refractivity contribution in [1.29, 1.82) is 0 Å². The van der Waals surface area contributed by atoms with Crippen LogP contribution in [0.25, 0.3) is 0 Å². The van der Waals surface area contributed by atoms with Crippen molar-refractivity contribution < 1.29 is 14.3 Å². The quantitative estimate of drug-likeness (QED) is 0.941. The number of benzene rings is 2. The fraction of sp³-hybridized carbons (Fsp3) is 0.263. The Labute approximate surface area is 141 Å². The summed E-state index contributed by atoms with van der Waals surface area (Å²) >= 11 is 0. The first kappa shape index (κ1) is 16.1. The van der Waals surface area contributed by atoms with Crippen LogP contribution in [0.3, 0.4) is 0 Å². The van der Waals surface area contributed by atoms with E-state index in [1.54, 1.807) is 12.0 Å². The van der Waals surface area contributed by atoms with E-state index in [9.17, 15) is 9.59 Å². The SMILES string of the molecule is COc1ccc(CC(=O)N2CCc3cccc(NC(C)=O)c32)cc1. The molecule has 1 aliphatic rings. The molecule has 0 fully saturated rings. The molecule has 0 saturated heterocycles. The van der Waals surface area contributed by atoms with Crippen molar-refractivity contribution in [2.75, 3.05) is 23.9 Å². The Morgan fingerprint density at radius 2 is 1.92 bits per heavy atom. The Kier molecular flexibility index (Phi) is 4.51. The number of hydrogen-bond acceptors (Lipinski definition) is 3. The second kappa shape index (κ2) is 6.74. The molecule has 3 rings (SSSR count). The maximum atomic E-state index is 12.8. The van der Waals surface area contributed by atoms with E-state index >= 15 is 0 Å². The first-order chi connectivity index (χ1) is 11.6. The van der Waals surface area contributed by atoms with Crippen LogP contribution in [-0.4, -0.2) is 25.5 Å². The van der Waals surface area contributed by atoms with Gasteiger partial charge in [-0.05, 0) is 35.7 Å². The lowest BCUT2D eigenvalue weighted by Gasteiger charge is -2.20. The maximum absolute atomic E-state index is 12.8. The van der Waals surface area contributed by atoms with Crippen LogP contribution in [0.15, 0.2) is 42.5 Å². The Morgan fingerprint density at radius 3 is 2.58 bits per heavy atom. The van der Waals surface area contributed by atoms with Crippen LogP contribution >= 0.6 is 0 Å². The summed E-state index contributed by atoms with van der Waals surface area (Å²) in [6.07, 6.45) is 1.12. The normalized spacial score (nSPS) is 12.7. The second-order valence-corrected chi connectivity index (χ2v) is 5.81. The smallest absolute Gasteiger partial charge is 0.231 e. The lowest BCUT2D eigenvalue weighted by Crippen LogP contribution is -2.31. The third-order valence-corrected chi connectivity index (χ3v) is 4.12. The highest BCUT2D eigenvalue weighted by Crippen LogP contribution is 2.36. The zero-order valence-corrected chi connectivity index (χ0v) is 13.8. The molecular weight excluding hydrogens is 304 g/mol. The summed E-state index contributed by atoms with van der Waals surface area (Å²) in [7, 11) is 1.62. The van der Waals surface area contributed by atoms with Crippen molar-refractivity contribution in [1.82, 2.24) is 0 Å². The number of rotatable bonds is 4. The number of nitrogens with zero attached hydrogens (tertiary/aromatic N) is 1. The van der Waals surface area contributed by atoms with E-state index in [4.69, 9.17) is 4.74 Å². The Balaban J connectivity index is 1.81. The van der Waals surface area contributed by atoms with E-state index in [1.165, 1.54) is 6.92 Å². The summed E-state index contributed by atoms with van der Waals surface area (Å²) in [5, 5.41) is 2.82. The molecule has 0 unspecified atom stereocenters. The third-order valence-electron chi connectivity index (χ3n) is 4.12. The number of fused-ring (bicyclic) bond motifs is 1. The molecule has 5 heteroatoms. The Hall–Kier alpha value is -2.82. The minimum Gasteiger partial charge on any atom is -0.497 e. The number of carbonyl (C=O) groups excluding carboxylic acids is 2. The predicted octanol–water partition coefficient (Wildman–Crippen LogP) is 2.79. The third kappa shape index (κ3) is 3.25. The summed E-state index contributed by atoms with van der Waals surface area (Å²) < 4.78 is 5.14. The van der Waals surface area contributed by atoms with Crippen molar-refractivity contribution in [3.8, 4) is 5.75 Å². The fourth-order valence-corrected chi connectivity index (χ4v) is 3.01. The Bertz CT molecular complexity index is 769. The number of ether oxygens (including phenoxy) is 1. The summed E-state index contributed by atoms with van der Waals surface area (Å²) in [5.41, 5.74) is 3.54. The van der Waals surface area contributed by atoms with Gasteiger partial charge in [0, 0.05) is 13.5 Å². The van der Waals surface area contributed by atoms with Crippen molar-refractivity contribution in [3.63, 3.8) is 0 Å². The van der Waals surface area contributed by atoms with Crippen LogP contribution in [0.5, 0.6) is 5.75 Å². The summed E-state index contributed by atoms with van der Waals surface area (Å²) in [5.74, 6) is 0.653. The van der Waals surface area contributed by atoms with Gasteiger partial charge in [0.05, 0.1) is 24.9 Å². The largest absolute Gasteiger partial charge is 0.497 e. The predicted molar refractivity (Wildman–Crippen MR) is 93.5 cm³/mol. The van der Waals surface area contributed by atoms with Crippen LogP contribution in [0.4, 0.5) is 11.4 Å². The monoisotopic (exact) mass is 324 g/mol. The molecule has 2 amide bonds. The molecule has 1 N–H and O–H groups in total. The van der Waals surface area contributed by atoms with E-state index < -0.39 is 0 Å². The van der Waals surface area contributed by atoms with E-state index in [0.29, 0.717) is 18.7 Å². The number of carbonyl (C=O) groups is 2. The molecule has 0 aliphatic carbocycles. The molecule has 24 heavy (non-hydrogen) atoms. The summed E-state index contributed by atoms with van der Waals surface area (Å²) in [6, 6.07) is 13.2. The molecule has 0 aromatic heterocycles. The van der Waals surface area contributed by atoms with Gasteiger partial charge in [0.1, 0.15) is 5.75 Å². The van der Waals surface area contributed by atoms with Crippen LogP contribution in [0, 0.1) is 0 Å². The highest BCUT2D eigenvalue weighted by Gasteiger charge is 2.27. The van der Waals surface area contributed by atoms with E-state index in [-0.39, 0.29) is 11.8 Å². The molecule has 0 bridgehead atoms. The molecule has 124 valence electrons. The lowest BCUT2D eigenvalue weighted by molar-refractivity contribution is -0.118. The first-order valence-electron chi connectivity index (χ1n) is 7.91. The first-order valence-corrected chi connectivity index (χ1v) is 7.91. The number of amides is 2. The highest BCUT2D eigenvalue weighted by molar-refractivity contribution is 6.03. The van der Waals surface area contributed by atoms with Crippen molar-refractivity contribution in [3.05, 3.63) is 53.6 Å². The van der Waals surface area contributed by atoms with Crippen molar-refractivity contribution in [2.45, 2.75) is 19.8 Å². The topological polar surface area (TPSA) is 58.6 Å². The van der Waals surface area contributed by atoms with Gasteiger partial charge in [-0.2, -0.15) is 0 Å². The van der Waals surface area contributed by atoms with Crippen LogP contribution in [0.2, 0.25) is 0 Å². The standard InChI is InChI=1S/C19H20N2O3/c1-13(22)20-17-5-3-4-15-10-11-21(19(15)17)18(23)12-14-6-8-16(24-2)9-7-14/h3-9H,10-12H2,1-2H3,(H,20,22). The molecule has 5 nitrogen and oxygen atoms in total. The minimum atomic E-state index is -0.141. The number of para-hydroxylation sites is 1. The molecule has 0 radical (unpaired) electrons. The molecule has 0 saturated carbocycles. The number of hydrogen-bond donors (Lipinski definition) is 1. The fourth-order valence-electron chi connectivity index (χ4n) is 3.01. The highest BCUT2D eigenvalue weighted by atomic mass is 16.5. The van der Waals surface area contributed by atoms with Gasteiger partial charge < -0.3 is 15.0 Å². The van der Waals surface area contributed by atoms with E-state index in [2.05, 4.69) is 5.32 Å². The van der Waals surface area contributed by atoms with Crippen LogP contribution < -0.4 is 15.0 Å². The average Bonchev–Trinajstić information content (AvgIpc) is 3.00. The van der Waals surface area contributed by atoms with Gasteiger partial charge in [0.15, 0.2) is 0 Å². The lowest BCUT2D eigenvalue weighted by atomic mass is 10.1. The summed E-state index contributed by atoms with van der Waals surface area (Å²) in [6.45, 7) is 2.11. The minimum absolute atomic E-state index is 0.0247. The second-order valence-electron chi connectivity index (χ2n) is 5.81. The van der Waals surface area contributed by atoms with Crippen molar-refractivity contribution >= 4 is 23.2 Å². The van der Waals surface area contributed by atoms with Crippen molar-refractivity contribution in [2.24, 2.45) is 0 Å². The van der Waals surface area contributed by atoms with Gasteiger partial charge in [-0.25, -0.2) is 0 Å². The zero-order chi connectivity index (χ0) is 17.1. The average molecular weight is 324 g/mol. The van der Waals surface area contributed by atoms with Gasteiger partial charge >= 0.3 is 0 Å². The molecule has 0 atom stereocenters. The van der Waals surface area contributed by atoms with Gasteiger partial charge in [-0.1, -0.05) is 24.3 Å². The molecular formula is C19H20N2O3. The number of nitrogens with one attached hydrogen (secondary N) is 1. The molecule has 1 heterocycles. The summed E-state index contributed by atoms with van der Waals surface area (Å²) in [4.78, 5) is 25.9. The van der Waals surface area contributed by atoms with Gasteiger partial charge in [0.2, 0.25) is 11.8 Å². The molecule has 0 spiro atoms. The van der Waals surface area contributed by atoms with Crippen LogP contribution in [0.1, 0.15) is 18.1 Å². The number of methoxy groups -OCH3 is 1. The zero-order valence-electron chi connectivity index (χ0n) is 13.8. The maximum Gasteiger partial charge on any atom is 0.231 e. The molecule has 2 aromatic rings.